The summed E-state index contributed by atoms with van der Waals surface area (Å²) in [6.07, 6.45) is 7.18. The number of halogens is 1. The Bertz CT molecular complexity index is 1390. The van der Waals surface area contributed by atoms with Crippen molar-refractivity contribution < 1.29 is 4.79 Å². The summed E-state index contributed by atoms with van der Waals surface area (Å²) in [7, 11) is 0. The fourth-order valence-corrected chi connectivity index (χ4v) is 6.39. The summed E-state index contributed by atoms with van der Waals surface area (Å²) < 4.78 is 1.81. The normalized spacial score (nSPS) is 20.3. The number of fused-ring (bicyclic) bond motifs is 1. The lowest BCUT2D eigenvalue weighted by Crippen LogP contribution is -2.46. The van der Waals surface area contributed by atoms with Gasteiger partial charge in [-0.05, 0) is 67.9 Å². The number of rotatable bonds is 4. The van der Waals surface area contributed by atoms with Crippen LogP contribution in [-0.4, -0.2) is 81.3 Å². The van der Waals surface area contributed by atoms with E-state index in [2.05, 4.69) is 43.7 Å². The van der Waals surface area contributed by atoms with Crippen LogP contribution in [0.3, 0.4) is 0 Å². The molecule has 0 atom stereocenters. The minimum absolute atomic E-state index is 0.194. The lowest BCUT2D eigenvalue weighted by Gasteiger charge is -2.36. The van der Waals surface area contributed by atoms with E-state index in [0.29, 0.717) is 10.6 Å². The fourth-order valence-electron chi connectivity index (χ4n) is 5.14. The number of imidazole rings is 1. The van der Waals surface area contributed by atoms with Gasteiger partial charge in [-0.3, -0.25) is 4.79 Å². The molecule has 0 saturated carbocycles. The zero-order chi connectivity index (χ0) is 25.4. The van der Waals surface area contributed by atoms with Gasteiger partial charge in [0.05, 0.1) is 33.2 Å². The number of piperidine rings is 1. The maximum atomic E-state index is 12.6. The number of amidine groups is 1. The molecule has 6 rings (SSSR count). The number of hydrogen-bond acceptors (Lipinski definition) is 7. The molecular formula is C27H30ClN7OS. The van der Waals surface area contributed by atoms with Crippen molar-refractivity contribution in [2.75, 3.05) is 50.7 Å². The summed E-state index contributed by atoms with van der Waals surface area (Å²) in [4.78, 5) is 29.1. The largest absolute Gasteiger partial charge is 0.368 e. The van der Waals surface area contributed by atoms with Gasteiger partial charge in [0, 0.05) is 44.8 Å². The van der Waals surface area contributed by atoms with E-state index in [1.165, 1.54) is 18.2 Å². The van der Waals surface area contributed by atoms with E-state index in [1.807, 2.05) is 35.0 Å². The molecule has 0 bridgehead atoms. The van der Waals surface area contributed by atoms with Crippen LogP contribution < -0.4 is 4.90 Å². The zero-order valence-corrected chi connectivity index (χ0v) is 22.5. The van der Waals surface area contributed by atoms with E-state index in [4.69, 9.17) is 16.7 Å². The van der Waals surface area contributed by atoms with Gasteiger partial charge in [0.15, 0.2) is 10.8 Å². The van der Waals surface area contributed by atoms with Gasteiger partial charge in [-0.2, -0.15) is 10.1 Å². The van der Waals surface area contributed by atoms with Crippen LogP contribution in [0.2, 0.25) is 5.02 Å². The van der Waals surface area contributed by atoms with E-state index in [1.54, 1.807) is 0 Å². The molecule has 2 aromatic heterocycles. The summed E-state index contributed by atoms with van der Waals surface area (Å²) >= 11 is 8.21. The van der Waals surface area contributed by atoms with Crippen LogP contribution in [0.15, 0.2) is 46.4 Å². The number of nitrogens with zero attached hydrogens (tertiary/aromatic N) is 7. The molecule has 3 aromatic rings. The molecular weight excluding hydrogens is 506 g/mol. The lowest BCUT2D eigenvalue weighted by atomic mass is 10.1. The molecule has 5 heterocycles. The van der Waals surface area contributed by atoms with Gasteiger partial charge >= 0.3 is 0 Å². The van der Waals surface area contributed by atoms with Crippen LogP contribution in [0.4, 0.5) is 5.69 Å². The number of amides is 1. The third kappa shape index (κ3) is 5.00. The van der Waals surface area contributed by atoms with E-state index in [-0.39, 0.29) is 5.91 Å². The average molecular weight is 536 g/mol. The van der Waals surface area contributed by atoms with Gasteiger partial charge in [0.1, 0.15) is 0 Å². The maximum absolute atomic E-state index is 12.6. The first-order chi connectivity index (χ1) is 18.1. The number of likely N-dealkylation sites (N-methyl/N-ethyl adjacent to an activating group) is 1. The highest BCUT2D eigenvalue weighted by Gasteiger charge is 2.27. The zero-order valence-electron chi connectivity index (χ0n) is 20.9. The summed E-state index contributed by atoms with van der Waals surface area (Å²) in [5, 5.41) is 6.33. The van der Waals surface area contributed by atoms with Crippen LogP contribution in [-0.2, 0) is 4.79 Å². The Kier molecular flexibility index (Phi) is 6.92. The first-order valence-electron chi connectivity index (χ1n) is 13.0. The van der Waals surface area contributed by atoms with Gasteiger partial charge in [0.2, 0.25) is 0 Å². The molecule has 3 aliphatic heterocycles. The molecule has 37 heavy (non-hydrogen) atoms. The predicted molar refractivity (Wildman–Crippen MR) is 151 cm³/mol. The monoisotopic (exact) mass is 535 g/mol. The van der Waals surface area contributed by atoms with Crippen LogP contribution in [0.1, 0.15) is 31.9 Å². The molecule has 0 spiro atoms. The standard InChI is InChI=1S/C27H30ClN7OS/c1-2-32-12-14-33(15-13-32)22-8-6-19(16-21(22)28)23-18-29-25-9-7-20(31-35(23)25)17-24-26(36)30-27(37-24)34-10-4-3-5-11-34/h6-9,16-18H,2-5,10-15H2,1H3/b24-17-. The van der Waals surface area contributed by atoms with Gasteiger partial charge < -0.3 is 14.7 Å². The fraction of sp³-hybridized carbons (Fsp3) is 0.407. The summed E-state index contributed by atoms with van der Waals surface area (Å²) in [5.74, 6) is -0.194. The number of piperazine rings is 1. The Hall–Kier alpha value is -2.88. The number of aromatic nitrogens is 3. The smallest absolute Gasteiger partial charge is 0.286 e. The van der Waals surface area contributed by atoms with Crippen LogP contribution in [0.25, 0.3) is 23.0 Å². The van der Waals surface area contributed by atoms with Crippen LogP contribution >= 0.6 is 23.4 Å². The molecule has 192 valence electrons. The van der Waals surface area contributed by atoms with Crippen molar-refractivity contribution in [2.24, 2.45) is 4.99 Å². The highest BCUT2D eigenvalue weighted by molar-refractivity contribution is 8.18. The van der Waals surface area contributed by atoms with Crippen molar-refractivity contribution in [3.05, 3.63) is 52.2 Å². The third-order valence-corrected chi connectivity index (χ3v) is 8.65. The highest BCUT2D eigenvalue weighted by Crippen LogP contribution is 2.33. The second-order valence-corrected chi connectivity index (χ2v) is 11.0. The van der Waals surface area contributed by atoms with Crippen LogP contribution in [0.5, 0.6) is 0 Å². The van der Waals surface area contributed by atoms with E-state index in [9.17, 15) is 4.79 Å². The molecule has 0 radical (unpaired) electrons. The molecule has 1 amide bonds. The third-order valence-electron chi connectivity index (χ3n) is 7.30. The van der Waals surface area contributed by atoms with E-state index >= 15 is 0 Å². The highest BCUT2D eigenvalue weighted by atomic mass is 35.5. The minimum Gasteiger partial charge on any atom is -0.368 e. The van der Waals surface area contributed by atoms with Gasteiger partial charge in [-0.1, -0.05) is 24.6 Å². The lowest BCUT2D eigenvalue weighted by molar-refractivity contribution is -0.113. The maximum Gasteiger partial charge on any atom is 0.286 e. The van der Waals surface area contributed by atoms with Crippen molar-refractivity contribution in [1.82, 2.24) is 24.4 Å². The van der Waals surface area contributed by atoms with Crippen molar-refractivity contribution >= 4 is 51.8 Å². The second-order valence-electron chi connectivity index (χ2n) is 9.62. The SMILES string of the molecule is CCN1CCN(c2ccc(-c3cnc4ccc(/C=C5\SC(N6CCCCC6)=NC5=O)nn34)cc2Cl)CC1. The Morgan fingerprint density at radius 3 is 2.57 bits per heavy atom. The Morgan fingerprint density at radius 2 is 1.81 bits per heavy atom. The Labute approximate surface area is 226 Å². The first kappa shape index (κ1) is 24.5. The molecule has 0 unspecified atom stereocenters. The molecule has 0 aliphatic carbocycles. The van der Waals surface area contributed by atoms with E-state index < -0.39 is 0 Å². The molecule has 1 aromatic carbocycles. The minimum atomic E-state index is -0.194. The number of carbonyl (C=O) groups is 1. The summed E-state index contributed by atoms with van der Waals surface area (Å²) in [5.41, 5.74) is 4.30. The number of thioether (sulfide) groups is 1. The van der Waals surface area contributed by atoms with Gasteiger partial charge in [-0.25, -0.2) is 9.50 Å². The topological polar surface area (TPSA) is 69.3 Å². The number of likely N-dealkylation sites (tertiary alicyclic amines) is 1. The average Bonchev–Trinajstić information content (AvgIpc) is 3.52. The van der Waals surface area contributed by atoms with Crippen molar-refractivity contribution in [3.8, 4) is 11.3 Å². The number of carbonyl (C=O) groups excluding carboxylic acids is 1. The van der Waals surface area contributed by atoms with E-state index in [0.717, 1.165) is 91.4 Å². The number of hydrogen-bond donors (Lipinski definition) is 0. The number of anilines is 1. The van der Waals surface area contributed by atoms with Gasteiger partial charge in [0.25, 0.3) is 5.91 Å². The molecule has 0 N–H and O–H groups in total. The number of benzene rings is 1. The first-order valence-corrected chi connectivity index (χ1v) is 14.2. The molecule has 10 heteroatoms. The molecule has 8 nitrogen and oxygen atoms in total. The number of aliphatic imine (C=N–C) groups is 1. The summed E-state index contributed by atoms with van der Waals surface area (Å²) in [6.45, 7) is 9.26. The Balaban J connectivity index is 1.24. The molecule has 2 saturated heterocycles. The van der Waals surface area contributed by atoms with Crippen molar-refractivity contribution in [3.63, 3.8) is 0 Å². The van der Waals surface area contributed by atoms with Crippen LogP contribution in [0, 0.1) is 0 Å². The second kappa shape index (κ2) is 10.5. The molecule has 2 fully saturated rings. The quantitative estimate of drug-likeness (QED) is 0.450. The van der Waals surface area contributed by atoms with Crippen molar-refractivity contribution in [1.29, 1.82) is 0 Å². The summed E-state index contributed by atoms with van der Waals surface area (Å²) in [6, 6.07) is 9.98. The van der Waals surface area contributed by atoms with Gasteiger partial charge in [-0.15, -0.1) is 0 Å². The predicted octanol–water partition coefficient (Wildman–Crippen LogP) is 4.65. The van der Waals surface area contributed by atoms with Crippen molar-refractivity contribution in [2.45, 2.75) is 26.2 Å². The molecule has 3 aliphatic rings. The Morgan fingerprint density at radius 1 is 1.00 bits per heavy atom.